The number of piperidine rings is 1. The molecule has 5 nitrogen and oxygen atoms in total. The van der Waals surface area contributed by atoms with Crippen LogP contribution in [-0.2, 0) is 11.3 Å². The zero-order valence-electron chi connectivity index (χ0n) is 17.2. The number of nitrogens with zero attached hydrogens (tertiary/aromatic N) is 2. The number of hydrogen-bond acceptors (Lipinski definition) is 5. The Kier molecular flexibility index (Phi) is 6.82. The van der Waals surface area contributed by atoms with Crippen molar-refractivity contribution in [3.05, 3.63) is 46.4 Å². The highest BCUT2D eigenvalue weighted by molar-refractivity contribution is 7.09. The second-order valence-corrected chi connectivity index (χ2v) is 9.21. The van der Waals surface area contributed by atoms with E-state index in [2.05, 4.69) is 27.3 Å². The average Bonchev–Trinajstić information content (AvgIpc) is 3.47. The van der Waals surface area contributed by atoms with Crippen molar-refractivity contribution in [3.8, 4) is 5.75 Å². The summed E-state index contributed by atoms with van der Waals surface area (Å²) in [6, 6.07) is 8.26. The van der Waals surface area contributed by atoms with Gasteiger partial charge < -0.3 is 10.1 Å². The Balaban J connectivity index is 1.46. The van der Waals surface area contributed by atoms with E-state index in [0.717, 1.165) is 56.1 Å². The van der Waals surface area contributed by atoms with Crippen molar-refractivity contribution in [3.63, 3.8) is 0 Å². The van der Waals surface area contributed by atoms with Gasteiger partial charge in [-0.2, -0.15) is 0 Å². The number of aromatic nitrogens is 1. The third-order valence-corrected chi connectivity index (χ3v) is 7.20. The van der Waals surface area contributed by atoms with Gasteiger partial charge in [0.1, 0.15) is 10.8 Å². The van der Waals surface area contributed by atoms with Crippen LogP contribution in [0.25, 0.3) is 0 Å². The molecule has 6 heteroatoms. The number of nitrogens with one attached hydrogen (secondary N) is 1. The van der Waals surface area contributed by atoms with Crippen LogP contribution < -0.4 is 10.1 Å². The van der Waals surface area contributed by atoms with Crippen LogP contribution in [0.1, 0.15) is 55.1 Å². The maximum Gasteiger partial charge on any atom is 0.223 e. The predicted octanol–water partition coefficient (Wildman–Crippen LogP) is 4.41. The molecule has 1 amide bonds. The molecular formula is C23H31N3O2S. The Bertz CT molecular complexity index is 789. The van der Waals surface area contributed by atoms with Crippen molar-refractivity contribution in [1.82, 2.24) is 15.2 Å². The molecule has 1 aliphatic carbocycles. The normalized spacial score (nSPS) is 21.8. The second kappa shape index (κ2) is 9.72. The molecule has 1 aromatic heterocycles. The number of methoxy groups -OCH3 is 1. The first-order valence-corrected chi connectivity index (χ1v) is 11.7. The number of benzene rings is 1. The quantitative estimate of drug-likeness (QED) is 0.730. The molecule has 1 saturated carbocycles. The van der Waals surface area contributed by atoms with Gasteiger partial charge in [0.25, 0.3) is 0 Å². The van der Waals surface area contributed by atoms with Gasteiger partial charge in [0.05, 0.1) is 13.2 Å². The van der Waals surface area contributed by atoms with E-state index in [1.807, 2.05) is 23.7 Å². The summed E-state index contributed by atoms with van der Waals surface area (Å²) in [5.41, 5.74) is 1.22. The molecule has 156 valence electrons. The summed E-state index contributed by atoms with van der Waals surface area (Å²) >= 11 is 1.66. The Morgan fingerprint density at radius 2 is 2.10 bits per heavy atom. The molecule has 2 aliphatic rings. The maximum absolute atomic E-state index is 12.9. The molecule has 0 radical (unpaired) electrons. The molecule has 2 fully saturated rings. The molecule has 0 bridgehead atoms. The maximum atomic E-state index is 12.9. The smallest absolute Gasteiger partial charge is 0.223 e. The van der Waals surface area contributed by atoms with E-state index >= 15 is 0 Å². The summed E-state index contributed by atoms with van der Waals surface area (Å²) in [7, 11) is 1.73. The van der Waals surface area contributed by atoms with E-state index in [1.54, 1.807) is 18.4 Å². The Morgan fingerprint density at radius 1 is 1.28 bits per heavy atom. The van der Waals surface area contributed by atoms with Crippen LogP contribution in [0.15, 0.2) is 35.8 Å². The predicted molar refractivity (Wildman–Crippen MR) is 116 cm³/mol. The number of rotatable bonds is 7. The monoisotopic (exact) mass is 413 g/mol. The van der Waals surface area contributed by atoms with Crippen LogP contribution in [0.5, 0.6) is 5.75 Å². The average molecular weight is 414 g/mol. The van der Waals surface area contributed by atoms with Crippen LogP contribution in [0, 0.1) is 11.8 Å². The Morgan fingerprint density at radius 3 is 2.86 bits per heavy atom. The minimum Gasteiger partial charge on any atom is -0.496 e. The van der Waals surface area contributed by atoms with Gasteiger partial charge in [-0.3, -0.25) is 9.69 Å². The summed E-state index contributed by atoms with van der Waals surface area (Å²) < 4.78 is 5.54. The lowest BCUT2D eigenvalue weighted by molar-refractivity contribution is -0.126. The summed E-state index contributed by atoms with van der Waals surface area (Å²) in [5.74, 6) is 1.74. The van der Waals surface area contributed by atoms with E-state index in [0.29, 0.717) is 5.92 Å². The molecule has 0 spiro atoms. The number of carbonyl (C=O) groups excluding carboxylic acids is 1. The molecule has 1 aromatic carbocycles. The number of carbonyl (C=O) groups is 1. The minimum atomic E-state index is 0.0172. The third kappa shape index (κ3) is 4.98. The zero-order chi connectivity index (χ0) is 20.1. The van der Waals surface area contributed by atoms with Crippen LogP contribution in [-0.4, -0.2) is 36.0 Å². The summed E-state index contributed by atoms with van der Waals surface area (Å²) in [6.45, 7) is 2.92. The van der Waals surface area contributed by atoms with Crippen LogP contribution in [0.4, 0.5) is 0 Å². The second-order valence-electron chi connectivity index (χ2n) is 8.29. The number of thiazole rings is 1. The number of hydrogen-bond donors (Lipinski definition) is 1. The first-order valence-electron chi connectivity index (χ1n) is 10.8. The molecule has 0 unspecified atom stereocenters. The van der Waals surface area contributed by atoms with Crippen molar-refractivity contribution >= 4 is 17.2 Å². The van der Waals surface area contributed by atoms with Crippen molar-refractivity contribution in [2.24, 2.45) is 11.8 Å². The van der Waals surface area contributed by atoms with E-state index in [1.165, 1.54) is 18.4 Å². The van der Waals surface area contributed by atoms with Gasteiger partial charge in [0, 0.05) is 36.1 Å². The standard InChI is InChI=1S/C23H31N3O2S/c1-28-20-11-5-4-9-18(20)15-26-13-6-10-19(16-26)21(23-24-12-14-29-23)25-22(27)17-7-2-3-8-17/h4-5,9,11-12,14,17,19,21H,2-3,6-8,10,13,15-16H2,1H3,(H,25,27)/t19-,21-/m0/s1. The third-order valence-electron chi connectivity index (χ3n) is 6.34. The Hall–Kier alpha value is -1.92. The van der Waals surface area contributed by atoms with Crippen LogP contribution >= 0.6 is 11.3 Å². The molecule has 2 atom stereocenters. The largest absolute Gasteiger partial charge is 0.496 e. The van der Waals surface area contributed by atoms with Gasteiger partial charge in [-0.1, -0.05) is 31.0 Å². The highest BCUT2D eigenvalue weighted by atomic mass is 32.1. The number of likely N-dealkylation sites (tertiary alicyclic amines) is 1. The van der Waals surface area contributed by atoms with Crippen LogP contribution in [0.3, 0.4) is 0 Å². The fourth-order valence-corrected chi connectivity index (χ4v) is 5.59. The van der Waals surface area contributed by atoms with E-state index < -0.39 is 0 Å². The molecule has 1 saturated heterocycles. The van der Waals surface area contributed by atoms with E-state index in [9.17, 15) is 4.79 Å². The first kappa shape index (κ1) is 20.4. The molecule has 4 rings (SSSR count). The van der Waals surface area contributed by atoms with Crippen molar-refractivity contribution in [2.75, 3.05) is 20.2 Å². The fraction of sp³-hybridized carbons (Fsp3) is 0.565. The summed E-state index contributed by atoms with van der Waals surface area (Å²) in [4.78, 5) is 20.0. The van der Waals surface area contributed by atoms with Gasteiger partial charge in [-0.05, 0) is 44.2 Å². The van der Waals surface area contributed by atoms with Gasteiger partial charge in [0.15, 0.2) is 0 Å². The molecular weight excluding hydrogens is 382 g/mol. The van der Waals surface area contributed by atoms with Gasteiger partial charge >= 0.3 is 0 Å². The summed E-state index contributed by atoms with van der Waals surface area (Å²) in [6.07, 6.45) is 8.52. The van der Waals surface area contributed by atoms with E-state index in [-0.39, 0.29) is 17.9 Å². The lowest BCUT2D eigenvalue weighted by Crippen LogP contribution is -2.43. The molecule has 2 aromatic rings. The van der Waals surface area contributed by atoms with Gasteiger partial charge in [-0.15, -0.1) is 11.3 Å². The highest BCUT2D eigenvalue weighted by Crippen LogP contribution is 2.34. The van der Waals surface area contributed by atoms with E-state index in [4.69, 9.17) is 4.74 Å². The topological polar surface area (TPSA) is 54.5 Å². The minimum absolute atomic E-state index is 0.0172. The molecule has 1 aliphatic heterocycles. The first-order chi connectivity index (χ1) is 14.2. The fourth-order valence-electron chi connectivity index (χ4n) is 4.81. The van der Waals surface area contributed by atoms with Crippen molar-refractivity contribution < 1.29 is 9.53 Å². The lowest BCUT2D eigenvalue weighted by atomic mass is 9.90. The van der Waals surface area contributed by atoms with Crippen molar-refractivity contribution in [2.45, 2.75) is 51.1 Å². The summed E-state index contributed by atoms with van der Waals surface area (Å²) in [5, 5.41) is 6.45. The number of ether oxygens (including phenoxy) is 1. The van der Waals surface area contributed by atoms with Crippen LogP contribution in [0.2, 0.25) is 0 Å². The number of para-hydroxylation sites is 1. The molecule has 2 heterocycles. The van der Waals surface area contributed by atoms with Gasteiger partial charge in [-0.25, -0.2) is 4.98 Å². The Labute approximate surface area is 177 Å². The SMILES string of the molecule is COc1ccccc1CN1CCC[C@H]([C@H](NC(=O)C2CCCC2)c2nccs2)C1. The zero-order valence-corrected chi connectivity index (χ0v) is 18.0. The molecule has 1 N–H and O–H groups in total. The lowest BCUT2D eigenvalue weighted by Gasteiger charge is -2.37. The van der Waals surface area contributed by atoms with Gasteiger partial charge in [0.2, 0.25) is 5.91 Å². The molecule has 29 heavy (non-hydrogen) atoms. The number of amides is 1. The highest BCUT2D eigenvalue weighted by Gasteiger charge is 2.33. The van der Waals surface area contributed by atoms with Crippen molar-refractivity contribution in [1.29, 1.82) is 0 Å².